The Morgan fingerprint density at radius 2 is 2.12 bits per heavy atom. The van der Waals surface area contributed by atoms with Crippen LogP contribution in [0.2, 0.25) is 0 Å². The smallest absolute Gasteiger partial charge is 0.254 e. The zero-order chi connectivity index (χ0) is 17.9. The molecular weight excluding hydrogens is 344 g/mol. The fourth-order valence-electron chi connectivity index (χ4n) is 3.22. The van der Waals surface area contributed by atoms with E-state index in [9.17, 15) is 4.79 Å². The molecule has 0 aliphatic carbocycles. The molecule has 1 fully saturated rings. The average Bonchev–Trinajstić information content (AvgIpc) is 3.10. The van der Waals surface area contributed by atoms with Gasteiger partial charge >= 0.3 is 0 Å². The number of thioether (sulfide) groups is 1. The molecule has 1 saturated heterocycles. The molecular formula is C20H22N4OS. The highest BCUT2D eigenvalue weighted by Gasteiger charge is 2.23. The summed E-state index contributed by atoms with van der Waals surface area (Å²) in [4.78, 5) is 20.4. The van der Waals surface area contributed by atoms with Crippen molar-refractivity contribution in [3.8, 4) is 0 Å². The Morgan fingerprint density at radius 3 is 2.88 bits per heavy atom. The Hall–Kier alpha value is -2.31. The molecule has 4 rings (SSSR count). The first kappa shape index (κ1) is 17.1. The minimum atomic E-state index is 0.121. The average molecular weight is 366 g/mol. The van der Waals surface area contributed by atoms with Crippen LogP contribution in [-0.2, 0) is 5.75 Å². The molecule has 0 spiro atoms. The Bertz CT molecular complexity index is 873. The Labute approximate surface area is 157 Å². The largest absolute Gasteiger partial charge is 0.333 e. The number of nitrogens with zero attached hydrogens (tertiary/aromatic N) is 3. The van der Waals surface area contributed by atoms with Gasteiger partial charge in [-0.25, -0.2) is 4.98 Å². The Kier molecular flexibility index (Phi) is 4.95. The number of pyridine rings is 1. The molecule has 1 N–H and O–H groups in total. The van der Waals surface area contributed by atoms with E-state index in [1.54, 1.807) is 11.8 Å². The van der Waals surface area contributed by atoms with Crippen molar-refractivity contribution in [2.24, 2.45) is 0 Å². The van der Waals surface area contributed by atoms with Crippen molar-refractivity contribution in [3.63, 3.8) is 0 Å². The first-order chi connectivity index (χ1) is 12.7. The van der Waals surface area contributed by atoms with Gasteiger partial charge in [-0.3, -0.25) is 4.79 Å². The minimum absolute atomic E-state index is 0.121. The molecule has 1 atom stereocenters. The number of amides is 1. The molecule has 2 aromatic heterocycles. The van der Waals surface area contributed by atoms with Crippen LogP contribution in [0.4, 0.5) is 0 Å². The number of carbonyl (C=O) groups is 1. The topological polar surface area (TPSA) is 49.6 Å². The molecule has 1 aliphatic rings. The molecule has 0 bridgehead atoms. The molecule has 3 heterocycles. The third kappa shape index (κ3) is 3.61. The summed E-state index contributed by atoms with van der Waals surface area (Å²) in [5, 5.41) is 3.32. The van der Waals surface area contributed by atoms with Crippen LogP contribution in [0.3, 0.4) is 0 Å². The first-order valence-electron chi connectivity index (χ1n) is 8.88. The number of hydrogen-bond donors (Lipinski definition) is 1. The van der Waals surface area contributed by atoms with Crippen LogP contribution < -0.4 is 5.32 Å². The Morgan fingerprint density at radius 1 is 1.27 bits per heavy atom. The highest BCUT2D eigenvalue weighted by molar-refractivity contribution is 7.98. The van der Waals surface area contributed by atoms with Crippen LogP contribution in [0.1, 0.15) is 23.0 Å². The summed E-state index contributed by atoms with van der Waals surface area (Å²) < 4.78 is 2.03. The highest BCUT2D eigenvalue weighted by Crippen LogP contribution is 2.23. The number of aromatic nitrogens is 2. The van der Waals surface area contributed by atoms with Crippen molar-refractivity contribution >= 4 is 23.3 Å². The van der Waals surface area contributed by atoms with Gasteiger partial charge in [-0.1, -0.05) is 6.07 Å². The molecule has 0 saturated carbocycles. The van der Waals surface area contributed by atoms with Crippen molar-refractivity contribution in [2.75, 3.05) is 19.6 Å². The first-order valence-corrected chi connectivity index (χ1v) is 9.86. The molecule has 26 heavy (non-hydrogen) atoms. The molecule has 1 unspecified atom stereocenters. The molecule has 1 aliphatic heterocycles. The van der Waals surface area contributed by atoms with Gasteiger partial charge in [0.1, 0.15) is 5.65 Å². The maximum atomic E-state index is 12.7. The van der Waals surface area contributed by atoms with Crippen molar-refractivity contribution in [2.45, 2.75) is 23.6 Å². The Balaban J connectivity index is 1.40. The third-order valence-electron chi connectivity index (χ3n) is 4.66. The van der Waals surface area contributed by atoms with Crippen LogP contribution in [-0.4, -0.2) is 45.9 Å². The molecule has 6 heteroatoms. The lowest BCUT2D eigenvalue weighted by molar-refractivity contribution is 0.0655. The van der Waals surface area contributed by atoms with Gasteiger partial charge in [0, 0.05) is 54.3 Å². The second-order valence-electron chi connectivity index (χ2n) is 6.56. The predicted octanol–water partition coefficient (Wildman–Crippen LogP) is 3.06. The van der Waals surface area contributed by atoms with E-state index in [4.69, 9.17) is 0 Å². The fraction of sp³-hybridized carbons (Fsp3) is 0.300. The zero-order valence-corrected chi connectivity index (χ0v) is 15.6. The van der Waals surface area contributed by atoms with Crippen LogP contribution >= 0.6 is 11.8 Å². The molecule has 5 nitrogen and oxygen atoms in total. The standard InChI is InChI=1S/C20H22N4OS/c1-15-12-21-9-11-24(15)20(25)16-5-7-18(8-6-16)26-14-17-13-23-10-3-2-4-19(23)22-17/h2-8,10,13,15,21H,9,11-12,14H2,1H3. The normalized spacial score (nSPS) is 17.6. The van der Waals surface area contributed by atoms with Gasteiger partial charge < -0.3 is 14.6 Å². The van der Waals surface area contributed by atoms with E-state index in [1.807, 2.05) is 58.0 Å². The van der Waals surface area contributed by atoms with Gasteiger partial charge in [0.25, 0.3) is 5.91 Å². The van der Waals surface area contributed by atoms with E-state index in [0.29, 0.717) is 0 Å². The zero-order valence-electron chi connectivity index (χ0n) is 14.8. The number of benzene rings is 1. The van der Waals surface area contributed by atoms with Crippen molar-refractivity contribution < 1.29 is 4.79 Å². The number of hydrogen-bond acceptors (Lipinski definition) is 4. The van der Waals surface area contributed by atoms with Gasteiger partial charge in [0.05, 0.1) is 5.69 Å². The second kappa shape index (κ2) is 7.51. The number of fused-ring (bicyclic) bond motifs is 1. The lowest BCUT2D eigenvalue weighted by atomic mass is 10.1. The molecule has 3 aromatic rings. The number of carbonyl (C=O) groups excluding carboxylic acids is 1. The van der Waals surface area contributed by atoms with Gasteiger partial charge in [-0.2, -0.15) is 0 Å². The summed E-state index contributed by atoms with van der Waals surface area (Å²) in [5.41, 5.74) is 2.78. The van der Waals surface area contributed by atoms with E-state index in [1.165, 1.54) is 0 Å². The van der Waals surface area contributed by atoms with E-state index >= 15 is 0 Å². The molecule has 1 aromatic carbocycles. The summed E-state index contributed by atoms with van der Waals surface area (Å²) in [6.45, 7) is 4.58. The number of piperazine rings is 1. The maximum absolute atomic E-state index is 12.7. The summed E-state index contributed by atoms with van der Waals surface area (Å²) in [6, 6.07) is 14.2. The maximum Gasteiger partial charge on any atom is 0.254 e. The molecule has 134 valence electrons. The van der Waals surface area contributed by atoms with E-state index in [2.05, 4.69) is 23.4 Å². The predicted molar refractivity (Wildman–Crippen MR) is 105 cm³/mol. The second-order valence-corrected chi connectivity index (χ2v) is 7.61. The van der Waals surface area contributed by atoms with E-state index in [-0.39, 0.29) is 11.9 Å². The number of nitrogens with one attached hydrogen (secondary N) is 1. The highest BCUT2D eigenvalue weighted by atomic mass is 32.2. The summed E-state index contributed by atoms with van der Waals surface area (Å²) >= 11 is 1.73. The van der Waals surface area contributed by atoms with Crippen molar-refractivity contribution in [3.05, 3.63) is 66.1 Å². The van der Waals surface area contributed by atoms with Gasteiger partial charge in [0.2, 0.25) is 0 Å². The molecule has 1 amide bonds. The van der Waals surface area contributed by atoms with Gasteiger partial charge in [-0.05, 0) is 43.3 Å². The number of rotatable bonds is 4. The van der Waals surface area contributed by atoms with E-state index in [0.717, 1.165) is 47.2 Å². The van der Waals surface area contributed by atoms with Crippen LogP contribution in [0.25, 0.3) is 5.65 Å². The monoisotopic (exact) mass is 366 g/mol. The van der Waals surface area contributed by atoms with Crippen LogP contribution in [0.5, 0.6) is 0 Å². The lowest BCUT2D eigenvalue weighted by Crippen LogP contribution is -2.52. The fourth-order valence-corrected chi connectivity index (χ4v) is 4.00. The van der Waals surface area contributed by atoms with Gasteiger partial charge in [0.15, 0.2) is 0 Å². The quantitative estimate of drug-likeness (QED) is 0.721. The van der Waals surface area contributed by atoms with Crippen LogP contribution in [0, 0.1) is 0 Å². The van der Waals surface area contributed by atoms with Crippen LogP contribution in [0.15, 0.2) is 59.8 Å². The lowest BCUT2D eigenvalue weighted by Gasteiger charge is -2.34. The summed E-state index contributed by atoms with van der Waals surface area (Å²) in [6.07, 6.45) is 4.07. The third-order valence-corrected chi connectivity index (χ3v) is 5.71. The van der Waals surface area contributed by atoms with Crippen molar-refractivity contribution in [1.82, 2.24) is 19.6 Å². The summed E-state index contributed by atoms with van der Waals surface area (Å²) in [7, 11) is 0. The van der Waals surface area contributed by atoms with Crippen molar-refractivity contribution in [1.29, 1.82) is 0 Å². The SMILES string of the molecule is CC1CNCCN1C(=O)c1ccc(SCc2cn3ccccc3n2)cc1. The number of imidazole rings is 1. The molecule has 0 radical (unpaired) electrons. The summed E-state index contributed by atoms with van der Waals surface area (Å²) in [5.74, 6) is 0.931. The van der Waals surface area contributed by atoms with Gasteiger partial charge in [-0.15, -0.1) is 11.8 Å². The van der Waals surface area contributed by atoms with E-state index < -0.39 is 0 Å². The minimum Gasteiger partial charge on any atom is -0.333 e.